The summed E-state index contributed by atoms with van der Waals surface area (Å²) in [5.74, 6) is -3.62. The van der Waals surface area contributed by atoms with E-state index in [4.69, 9.17) is 0 Å². The number of amides is 5. The second-order valence-corrected chi connectivity index (χ2v) is 7.06. The molecule has 3 rings (SSSR count). The van der Waals surface area contributed by atoms with Gasteiger partial charge in [-0.05, 0) is 37.0 Å². The lowest BCUT2D eigenvalue weighted by Gasteiger charge is -2.43. The highest BCUT2D eigenvalue weighted by Gasteiger charge is 2.49. The number of carboxylic acid groups (broad SMARTS) is 1. The fraction of sp³-hybridized carbons (Fsp3) is 0.389. The van der Waals surface area contributed by atoms with Crippen LogP contribution >= 0.6 is 0 Å². The Hall–Kier alpha value is -3.47. The van der Waals surface area contributed by atoms with Crippen LogP contribution < -0.4 is 21.3 Å². The third kappa shape index (κ3) is 4.35. The molecule has 1 unspecified atom stereocenters. The van der Waals surface area contributed by atoms with Crippen molar-refractivity contribution in [1.29, 1.82) is 0 Å². The van der Waals surface area contributed by atoms with Gasteiger partial charge in [0, 0.05) is 6.42 Å². The number of carboxylic acids is 1. The van der Waals surface area contributed by atoms with Crippen molar-refractivity contribution in [3.8, 4) is 5.75 Å². The second kappa shape index (κ2) is 7.87. The molecule has 1 aromatic carbocycles. The first-order valence-electron chi connectivity index (χ1n) is 8.95. The van der Waals surface area contributed by atoms with Gasteiger partial charge in [0.2, 0.25) is 5.91 Å². The lowest BCUT2D eigenvalue weighted by Crippen LogP contribution is -2.72. The lowest BCUT2D eigenvalue weighted by molar-refractivity contribution is -0.145. The van der Waals surface area contributed by atoms with E-state index >= 15 is 0 Å². The molecule has 0 bridgehead atoms. The molecule has 1 atom stereocenters. The number of hydrogen-bond donors (Lipinski definition) is 6. The van der Waals surface area contributed by atoms with Gasteiger partial charge in [0.05, 0.1) is 5.54 Å². The zero-order valence-electron chi connectivity index (χ0n) is 15.2. The Morgan fingerprint density at radius 3 is 2.17 bits per heavy atom. The molecule has 6 N–H and O–H groups in total. The van der Waals surface area contributed by atoms with Crippen LogP contribution in [0.2, 0.25) is 0 Å². The van der Waals surface area contributed by atoms with Crippen LogP contribution in [0.4, 0.5) is 4.79 Å². The van der Waals surface area contributed by atoms with E-state index in [1.807, 2.05) is 10.6 Å². The van der Waals surface area contributed by atoms with Crippen LogP contribution in [0.3, 0.4) is 0 Å². The summed E-state index contributed by atoms with van der Waals surface area (Å²) < 4.78 is 0. The van der Waals surface area contributed by atoms with Crippen LogP contribution in [0.5, 0.6) is 5.75 Å². The number of nitrogens with one attached hydrogen (secondary N) is 4. The van der Waals surface area contributed by atoms with E-state index < -0.39 is 47.3 Å². The number of phenolic OH excluding ortho intramolecular Hbond substituents is 1. The Kier molecular flexibility index (Phi) is 5.50. The van der Waals surface area contributed by atoms with Crippen molar-refractivity contribution in [2.24, 2.45) is 0 Å². The summed E-state index contributed by atoms with van der Waals surface area (Å²) in [7, 11) is 0. The molecular weight excluding hydrogens is 384 g/mol. The van der Waals surface area contributed by atoms with E-state index in [0.29, 0.717) is 24.8 Å². The van der Waals surface area contributed by atoms with Crippen molar-refractivity contribution >= 4 is 29.7 Å². The van der Waals surface area contributed by atoms with Crippen molar-refractivity contribution < 1.29 is 34.2 Å². The molecule has 2 fully saturated rings. The number of benzene rings is 1. The molecule has 0 radical (unpaired) electrons. The van der Waals surface area contributed by atoms with Crippen molar-refractivity contribution in [2.45, 2.75) is 43.3 Å². The molecule has 1 saturated heterocycles. The monoisotopic (exact) mass is 404 g/mol. The van der Waals surface area contributed by atoms with Crippen molar-refractivity contribution in [3.63, 3.8) is 0 Å². The van der Waals surface area contributed by atoms with E-state index in [0.717, 1.165) is 0 Å². The average molecular weight is 404 g/mol. The maximum atomic E-state index is 12.9. The number of phenols is 1. The molecule has 1 aromatic rings. The van der Waals surface area contributed by atoms with E-state index in [2.05, 4.69) is 10.6 Å². The van der Waals surface area contributed by atoms with E-state index in [9.17, 15) is 34.2 Å². The van der Waals surface area contributed by atoms with Gasteiger partial charge in [-0.2, -0.15) is 0 Å². The summed E-state index contributed by atoms with van der Waals surface area (Å²) in [5.41, 5.74) is -0.696. The zero-order valence-corrected chi connectivity index (χ0v) is 15.2. The van der Waals surface area contributed by atoms with Gasteiger partial charge in [-0.1, -0.05) is 12.1 Å². The van der Waals surface area contributed by atoms with Crippen LogP contribution in [0.15, 0.2) is 24.3 Å². The molecule has 11 nitrogen and oxygen atoms in total. The van der Waals surface area contributed by atoms with Gasteiger partial charge in [0.1, 0.15) is 11.8 Å². The molecule has 2 aliphatic rings. The smallest absolute Gasteiger partial charge is 0.328 e. The standard InChI is InChI=1S/C18H20N4O7/c23-10-4-2-9(3-5-10)8-11(15(26)27)19-16(28)18(6-1-7-18)22-12-13(24)20-17(29)21-14(12)25/h2-5,11-12,22-23H,1,6-8H2,(H,19,28)(H,26,27)(H2,20,21,24,25,29). The number of hydrogen-bond acceptors (Lipinski definition) is 7. The Morgan fingerprint density at radius 2 is 1.69 bits per heavy atom. The van der Waals surface area contributed by atoms with Crippen LogP contribution in [0, 0.1) is 0 Å². The first-order valence-corrected chi connectivity index (χ1v) is 8.95. The summed E-state index contributed by atoms with van der Waals surface area (Å²) in [6, 6.07) is 2.27. The Bertz CT molecular complexity index is 843. The van der Waals surface area contributed by atoms with Gasteiger partial charge in [-0.3, -0.25) is 30.3 Å². The zero-order chi connectivity index (χ0) is 21.2. The number of carbonyl (C=O) groups excluding carboxylic acids is 4. The normalized spacial score (nSPS) is 19.5. The largest absolute Gasteiger partial charge is 0.508 e. The van der Waals surface area contributed by atoms with Crippen molar-refractivity contribution in [3.05, 3.63) is 29.8 Å². The number of carbonyl (C=O) groups is 5. The maximum absolute atomic E-state index is 12.9. The molecule has 29 heavy (non-hydrogen) atoms. The lowest BCUT2D eigenvalue weighted by atomic mass is 9.75. The van der Waals surface area contributed by atoms with Crippen LogP contribution in [-0.2, 0) is 25.6 Å². The number of urea groups is 1. The molecule has 1 aliphatic heterocycles. The molecule has 1 heterocycles. The number of aliphatic carboxylic acids is 1. The average Bonchev–Trinajstić information content (AvgIpc) is 2.60. The number of aromatic hydroxyl groups is 1. The number of barbiturate groups is 1. The molecule has 1 saturated carbocycles. The SMILES string of the molecule is O=C1NC(=O)C(NC2(C(=O)NC(Cc3ccc(O)cc3)C(=O)O)CCC2)C(=O)N1. The fourth-order valence-electron chi connectivity index (χ4n) is 3.26. The Morgan fingerprint density at radius 1 is 1.10 bits per heavy atom. The van der Waals surface area contributed by atoms with Crippen LogP contribution in [0.25, 0.3) is 0 Å². The maximum Gasteiger partial charge on any atom is 0.328 e. The molecule has 0 spiro atoms. The van der Waals surface area contributed by atoms with Crippen LogP contribution in [-0.4, -0.2) is 57.6 Å². The third-order valence-corrected chi connectivity index (χ3v) is 5.04. The van der Waals surface area contributed by atoms with Crippen molar-refractivity contribution in [2.75, 3.05) is 0 Å². The predicted octanol–water partition coefficient (Wildman–Crippen LogP) is -1.25. The molecule has 11 heteroatoms. The summed E-state index contributed by atoms with van der Waals surface area (Å²) in [6.45, 7) is 0. The first-order chi connectivity index (χ1) is 13.7. The van der Waals surface area contributed by atoms with Gasteiger partial charge >= 0.3 is 12.0 Å². The Labute approximate surface area is 164 Å². The minimum Gasteiger partial charge on any atom is -0.508 e. The summed E-state index contributed by atoms with van der Waals surface area (Å²) in [6.07, 6.45) is 1.23. The molecule has 0 aromatic heterocycles. The Balaban J connectivity index is 1.71. The van der Waals surface area contributed by atoms with E-state index in [1.165, 1.54) is 12.1 Å². The highest BCUT2D eigenvalue weighted by molar-refractivity contribution is 6.19. The first kappa shape index (κ1) is 20.3. The van der Waals surface area contributed by atoms with Gasteiger partial charge < -0.3 is 15.5 Å². The van der Waals surface area contributed by atoms with Gasteiger partial charge in [-0.15, -0.1) is 0 Å². The van der Waals surface area contributed by atoms with Gasteiger partial charge in [-0.25, -0.2) is 9.59 Å². The summed E-state index contributed by atoms with van der Waals surface area (Å²) >= 11 is 0. The number of imide groups is 2. The third-order valence-electron chi connectivity index (χ3n) is 5.04. The molecule has 154 valence electrons. The molecule has 1 aliphatic carbocycles. The van der Waals surface area contributed by atoms with Gasteiger partial charge in [0.25, 0.3) is 11.8 Å². The van der Waals surface area contributed by atoms with E-state index in [1.54, 1.807) is 12.1 Å². The minimum atomic E-state index is -1.45. The minimum absolute atomic E-state index is 0.0175. The van der Waals surface area contributed by atoms with Crippen molar-refractivity contribution in [1.82, 2.24) is 21.3 Å². The van der Waals surface area contributed by atoms with Gasteiger partial charge in [0.15, 0.2) is 6.04 Å². The van der Waals surface area contributed by atoms with E-state index in [-0.39, 0.29) is 12.2 Å². The second-order valence-electron chi connectivity index (χ2n) is 7.06. The highest BCUT2D eigenvalue weighted by Crippen LogP contribution is 2.33. The highest BCUT2D eigenvalue weighted by atomic mass is 16.4. The summed E-state index contributed by atoms with van der Waals surface area (Å²) in [4.78, 5) is 59.6. The molecular formula is C18H20N4O7. The quantitative estimate of drug-likeness (QED) is 0.306. The summed E-state index contributed by atoms with van der Waals surface area (Å²) in [5, 5.41) is 27.8. The molecule has 5 amide bonds. The van der Waals surface area contributed by atoms with Crippen LogP contribution in [0.1, 0.15) is 24.8 Å². The topological polar surface area (TPSA) is 174 Å². The number of rotatable bonds is 7. The fourth-order valence-corrected chi connectivity index (χ4v) is 3.26. The predicted molar refractivity (Wildman–Crippen MR) is 96.6 cm³/mol.